The van der Waals surface area contributed by atoms with Gasteiger partial charge in [-0.25, -0.2) is 4.98 Å². The summed E-state index contributed by atoms with van der Waals surface area (Å²) in [5.74, 6) is 0.447. The van der Waals surface area contributed by atoms with E-state index in [1.807, 2.05) is 0 Å². The maximum absolute atomic E-state index is 11.5. The number of aromatic amines is 2. The van der Waals surface area contributed by atoms with E-state index in [-0.39, 0.29) is 11.7 Å². The van der Waals surface area contributed by atoms with Gasteiger partial charge in [-0.3, -0.25) is 15.0 Å². The van der Waals surface area contributed by atoms with Crippen LogP contribution >= 0.6 is 0 Å². The smallest absolute Gasteiger partial charge is 0.291 e. The molecule has 0 atom stereocenters. The number of aryl methyl sites for hydroxylation is 1. The van der Waals surface area contributed by atoms with Gasteiger partial charge in [0.2, 0.25) is 5.82 Å². The van der Waals surface area contributed by atoms with E-state index in [0.29, 0.717) is 12.4 Å². The summed E-state index contributed by atoms with van der Waals surface area (Å²) >= 11 is 0. The molecule has 2 heterocycles. The minimum absolute atomic E-state index is 0.145. The Labute approximate surface area is 85.3 Å². The monoisotopic (exact) mass is 206 g/mol. The quantitative estimate of drug-likeness (QED) is 0.645. The molecular formula is C8H10N6O. The molecule has 2 rings (SSSR count). The number of hydrogen-bond donors (Lipinski definition) is 3. The lowest BCUT2D eigenvalue weighted by Gasteiger charge is -1.98. The molecule has 15 heavy (non-hydrogen) atoms. The van der Waals surface area contributed by atoms with E-state index in [0.717, 1.165) is 5.69 Å². The van der Waals surface area contributed by atoms with Gasteiger partial charge in [-0.15, -0.1) is 5.10 Å². The molecule has 0 fully saturated rings. The van der Waals surface area contributed by atoms with Crippen LogP contribution in [-0.4, -0.2) is 31.3 Å². The van der Waals surface area contributed by atoms with Gasteiger partial charge in [0.05, 0.1) is 12.2 Å². The lowest BCUT2D eigenvalue weighted by molar-refractivity contribution is 0.0940. The third-order valence-electron chi connectivity index (χ3n) is 1.80. The van der Waals surface area contributed by atoms with Crippen LogP contribution in [0.4, 0.5) is 0 Å². The summed E-state index contributed by atoms with van der Waals surface area (Å²) in [4.78, 5) is 15.4. The van der Waals surface area contributed by atoms with E-state index in [9.17, 15) is 4.79 Å². The molecule has 0 saturated carbocycles. The highest BCUT2D eigenvalue weighted by atomic mass is 16.2. The molecule has 0 aliphatic rings. The van der Waals surface area contributed by atoms with Crippen molar-refractivity contribution in [2.24, 2.45) is 0 Å². The van der Waals surface area contributed by atoms with E-state index in [1.54, 1.807) is 19.2 Å². The van der Waals surface area contributed by atoms with Crippen molar-refractivity contribution in [2.45, 2.75) is 13.5 Å². The van der Waals surface area contributed by atoms with Crippen LogP contribution in [0, 0.1) is 6.92 Å². The Bertz CT molecular complexity index is 445. The van der Waals surface area contributed by atoms with Gasteiger partial charge in [0.15, 0.2) is 0 Å². The van der Waals surface area contributed by atoms with Crippen molar-refractivity contribution in [3.8, 4) is 0 Å². The highest BCUT2D eigenvalue weighted by molar-refractivity contribution is 5.90. The molecular weight excluding hydrogens is 196 g/mol. The zero-order valence-corrected chi connectivity index (χ0v) is 8.11. The van der Waals surface area contributed by atoms with Crippen LogP contribution < -0.4 is 5.32 Å². The van der Waals surface area contributed by atoms with E-state index in [2.05, 4.69) is 30.7 Å². The van der Waals surface area contributed by atoms with Gasteiger partial charge in [-0.05, 0) is 13.0 Å². The molecule has 1 amide bonds. The maximum Gasteiger partial charge on any atom is 0.291 e. The standard InChI is InChI=1S/C8H10N6O/c1-5-11-7(14-12-5)8(15)9-4-6-2-3-10-13-6/h2-3H,4H2,1H3,(H,9,15)(H,10,13)(H,11,12,14). The first-order valence-corrected chi connectivity index (χ1v) is 4.41. The molecule has 0 radical (unpaired) electrons. The van der Waals surface area contributed by atoms with E-state index < -0.39 is 0 Å². The van der Waals surface area contributed by atoms with E-state index >= 15 is 0 Å². The van der Waals surface area contributed by atoms with Gasteiger partial charge in [0.25, 0.3) is 5.91 Å². The van der Waals surface area contributed by atoms with E-state index in [1.165, 1.54) is 0 Å². The number of rotatable bonds is 3. The summed E-state index contributed by atoms with van der Waals surface area (Å²) in [5.41, 5.74) is 0.829. The van der Waals surface area contributed by atoms with Gasteiger partial charge in [0.1, 0.15) is 5.82 Å². The molecule has 2 aromatic heterocycles. The minimum atomic E-state index is -0.311. The molecule has 2 aromatic rings. The van der Waals surface area contributed by atoms with Crippen LogP contribution in [0.5, 0.6) is 0 Å². The Kier molecular flexibility index (Phi) is 2.44. The second-order valence-electron chi connectivity index (χ2n) is 3.01. The fourth-order valence-electron chi connectivity index (χ4n) is 1.08. The van der Waals surface area contributed by atoms with Gasteiger partial charge in [0, 0.05) is 6.20 Å². The molecule has 7 nitrogen and oxygen atoms in total. The molecule has 0 aromatic carbocycles. The van der Waals surface area contributed by atoms with Crippen molar-refractivity contribution in [3.63, 3.8) is 0 Å². The summed E-state index contributed by atoms with van der Waals surface area (Å²) in [6.07, 6.45) is 1.62. The Hall–Kier alpha value is -2.18. The molecule has 0 aliphatic carbocycles. The summed E-state index contributed by atoms with van der Waals surface area (Å²) in [6.45, 7) is 2.12. The normalized spacial score (nSPS) is 10.2. The van der Waals surface area contributed by atoms with Crippen LogP contribution in [-0.2, 0) is 6.54 Å². The van der Waals surface area contributed by atoms with Crippen LogP contribution in [0.25, 0.3) is 0 Å². The fourth-order valence-corrected chi connectivity index (χ4v) is 1.08. The fraction of sp³-hybridized carbons (Fsp3) is 0.250. The highest BCUT2D eigenvalue weighted by Crippen LogP contribution is 1.93. The van der Waals surface area contributed by atoms with Crippen LogP contribution in [0.2, 0.25) is 0 Å². The third-order valence-corrected chi connectivity index (χ3v) is 1.80. The molecule has 0 bridgehead atoms. The van der Waals surface area contributed by atoms with Gasteiger partial charge in [-0.2, -0.15) is 5.10 Å². The zero-order chi connectivity index (χ0) is 10.7. The molecule has 7 heteroatoms. The number of carbonyl (C=O) groups excluding carboxylic acids is 1. The van der Waals surface area contributed by atoms with Crippen molar-refractivity contribution >= 4 is 5.91 Å². The number of amides is 1. The first-order chi connectivity index (χ1) is 7.25. The van der Waals surface area contributed by atoms with E-state index in [4.69, 9.17) is 0 Å². The average molecular weight is 206 g/mol. The predicted molar refractivity (Wildman–Crippen MR) is 50.9 cm³/mol. The zero-order valence-electron chi connectivity index (χ0n) is 8.11. The second-order valence-corrected chi connectivity index (χ2v) is 3.01. The maximum atomic E-state index is 11.5. The summed E-state index contributed by atoms with van der Waals surface area (Å²) in [7, 11) is 0. The molecule has 0 saturated heterocycles. The Morgan fingerprint density at radius 3 is 3.00 bits per heavy atom. The Morgan fingerprint density at radius 1 is 1.53 bits per heavy atom. The molecule has 3 N–H and O–H groups in total. The van der Waals surface area contributed by atoms with Gasteiger partial charge >= 0.3 is 0 Å². The van der Waals surface area contributed by atoms with Crippen molar-refractivity contribution in [2.75, 3.05) is 0 Å². The first kappa shape index (κ1) is 9.38. The third kappa shape index (κ3) is 2.19. The Balaban J connectivity index is 1.93. The van der Waals surface area contributed by atoms with Gasteiger partial charge in [-0.1, -0.05) is 0 Å². The number of aromatic nitrogens is 5. The SMILES string of the molecule is Cc1nc(C(=O)NCc2ccn[nH]2)n[nH]1. The summed E-state index contributed by atoms with van der Waals surface area (Å²) < 4.78 is 0. The second kappa shape index (κ2) is 3.91. The van der Waals surface area contributed by atoms with Crippen molar-refractivity contribution < 1.29 is 4.79 Å². The number of nitrogens with zero attached hydrogens (tertiary/aromatic N) is 3. The highest BCUT2D eigenvalue weighted by Gasteiger charge is 2.10. The van der Waals surface area contributed by atoms with Crippen molar-refractivity contribution in [1.29, 1.82) is 0 Å². The largest absolute Gasteiger partial charge is 0.344 e. The predicted octanol–water partition coefficient (Wildman–Crippen LogP) is -0.234. The summed E-state index contributed by atoms with van der Waals surface area (Å²) in [6, 6.07) is 1.78. The van der Waals surface area contributed by atoms with Gasteiger partial charge < -0.3 is 5.32 Å². The van der Waals surface area contributed by atoms with Crippen molar-refractivity contribution in [1.82, 2.24) is 30.7 Å². The molecule has 0 spiro atoms. The van der Waals surface area contributed by atoms with Crippen LogP contribution in [0.1, 0.15) is 22.1 Å². The van der Waals surface area contributed by atoms with Crippen LogP contribution in [0.15, 0.2) is 12.3 Å². The lowest BCUT2D eigenvalue weighted by atomic mass is 10.4. The molecule has 0 unspecified atom stereocenters. The number of nitrogens with one attached hydrogen (secondary N) is 3. The Morgan fingerprint density at radius 2 is 2.40 bits per heavy atom. The first-order valence-electron chi connectivity index (χ1n) is 4.41. The number of hydrogen-bond acceptors (Lipinski definition) is 4. The molecule has 78 valence electrons. The lowest BCUT2D eigenvalue weighted by Crippen LogP contribution is -2.24. The number of carbonyl (C=O) groups is 1. The average Bonchev–Trinajstić information content (AvgIpc) is 2.84. The van der Waals surface area contributed by atoms with Crippen LogP contribution in [0.3, 0.4) is 0 Å². The number of H-pyrrole nitrogens is 2. The topological polar surface area (TPSA) is 99.3 Å². The molecule has 0 aliphatic heterocycles. The van der Waals surface area contributed by atoms with Crippen molar-refractivity contribution in [3.05, 3.63) is 29.6 Å². The summed E-state index contributed by atoms with van der Waals surface area (Å²) in [5, 5.41) is 15.5. The minimum Gasteiger partial charge on any atom is -0.344 e.